The standard InChI is InChI=1S/C12H14N4O/c1-2-5-15-12(17)10(7-13)6-9-3-4-11(14)16-8-9/h3-4,6,8H,2,5H2,1H3,(H2,14,16)(H,15,17)/b10-6-. The number of carbonyl (C=O) groups excluding carboxylic acids is 1. The summed E-state index contributed by atoms with van der Waals surface area (Å²) in [6.45, 7) is 2.50. The lowest BCUT2D eigenvalue weighted by Crippen LogP contribution is -2.25. The van der Waals surface area contributed by atoms with E-state index in [1.807, 2.05) is 13.0 Å². The van der Waals surface area contributed by atoms with Crippen LogP contribution in [0, 0.1) is 11.3 Å². The van der Waals surface area contributed by atoms with Gasteiger partial charge in [0.2, 0.25) is 0 Å². The maximum atomic E-state index is 11.6. The molecule has 1 rings (SSSR count). The first kappa shape index (κ1) is 12.7. The molecule has 0 radical (unpaired) electrons. The van der Waals surface area contributed by atoms with Crippen LogP contribution in [0.1, 0.15) is 18.9 Å². The molecule has 17 heavy (non-hydrogen) atoms. The van der Waals surface area contributed by atoms with Gasteiger partial charge in [-0.25, -0.2) is 4.98 Å². The molecule has 0 bridgehead atoms. The molecule has 0 aliphatic rings. The number of rotatable bonds is 4. The second-order valence-electron chi connectivity index (χ2n) is 3.44. The van der Waals surface area contributed by atoms with E-state index in [-0.39, 0.29) is 11.5 Å². The predicted molar refractivity (Wildman–Crippen MR) is 65.5 cm³/mol. The quantitative estimate of drug-likeness (QED) is 0.598. The third-order valence-corrected chi connectivity index (χ3v) is 2.02. The Morgan fingerprint density at radius 1 is 1.65 bits per heavy atom. The van der Waals surface area contributed by atoms with E-state index in [1.54, 1.807) is 12.1 Å². The van der Waals surface area contributed by atoms with Gasteiger partial charge in [0.05, 0.1) is 0 Å². The van der Waals surface area contributed by atoms with Crippen molar-refractivity contribution in [3.63, 3.8) is 0 Å². The molecule has 0 fully saturated rings. The Balaban J connectivity index is 2.83. The van der Waals surface area contributed by atoms with Crippen molar-refractivity contribution in [1.29, 1.82) is 5.26 Å². The van der Waals surface area contributed by atoms with Gasteiger partial charge in [0.25, 0.3) is 5.91 Å². The molecule has 5 nitrogen and oxygen atoms in total. The molecule has 5 heteroatoms. The smallest absolute Gasteiger partial charge is 0.261 e. The lowest BCUT2D eigenvalue weighted by molar-refractivity contribution is -0.117. The fourth-order valence-corrected chi connectivity index (χ4v) is 1.15. The first-order chi connectivity index (χ1) is 8.17. The topological polar surface area (TPSA) is 91.8 Å². The van der Waals surface area contributed by atoms with E-state index in [4.69, 9.17) is 11.0 Å². The molecule has 0 atom stereocenters. The highest BCUT2D eigenvalue weighted by molar-refractivity contribution is 6.01. The Morgan fingerprint density at radius 3 is 2.94 bits per heavy atom. The summed E-state index contributed by atoms with van der Waals surface area (Å²) in [5.74, 6) is 0.0299. The van der Waals surface area contributed by atoms with Crippen LogP contribution in [0.3, 0.4) is 0 Å². The van der Waals surface area contributed by atoms with E-state index in [0.717, 1.165) is 6.42 Å². The minimum Gasteiger partial charge on any atom is -0.384 e. The number of aromatic nitrogens is 1. The molecular weight excluding hydrogens is 216 g/mol. The first-order valence-corrected chi connectivity index (χ1v) is 5.29. The molecule has 1 amide bonds. The second kappa shape index (κ2) is 6.28. The molecule has 0 aliphatic heterocycles. The van der Waals surface area contributed by atoms with Crippen LogP contribution in [0.2, 0.25) is 0 Å². The van der Waals surface area contributed by atoms with Crippen LogP contribution in [0.25, 0.3) is 6.08 Å². The number of anilines is 1. The first-order valence-electron chi connectivity index (χ1n) is 5.29. The Kier molecular flexibility index (Phi) is 4.70. The molecule has 1 heterocycles. The summed E-state index contributed by atoms with van der Waals surface area (Å²) in [4.78, 5) is 15.4. The molecule has 0 aliphatic carbocycles. The highest BCUT2D eigenvalue weighted by Crippen LogP contribution is 2.07. The average molecular weight is 230 g/mol. The third-order valence-electron chi connectivity index (χ3n) is 2.02. The zero-order chi connectivity index (χ0) is 12.7. The van der Waals surface area contributed by atoms with Crippen LogP contribution in [0.4, 0.5) is 5.82 Å². The molecule has 3 N–H and O–H groups in total. The number of nitrogens with two attached hydrogens (primary N) is 1. The number of nitrogens with one attached hydrogen (secondary N) is 1. The van der Waals surface area contributed by atoms with Crippen molar-refractivity contribution in [2.45, 2.75) is 13.3 Å². The van der Waals surface area contributed by atoms with Crippen molar-refractivity contribution < 1.29 is 4.79 Å². The average Bonchev–Trinajstić information content (AvgIpc) is 2.35. The van der Waals surface area contributed by atoms with Gasteiger partial charge < -0.3 is 11.1 Å². The van der Waals surface area contributed by atoms with Gasteiger partial charge in [0.1, 0.15) is 17.5 Å². The van der Waals surface area contributed by atoms with Crippen molar-refractivity contribution in [2.24, 2.45) is 0 Å². The van der Waals surface area contributed by atoms with Gasteiger partial charge in [0.15, 0.2) is 0 Å². The maximum absolute atomic E-state index is 11.6. The molecule has 0 saturated heterocycles. The largest absolute Gasteiger partial charge is 0.384 e. The fraction of sp³-hybridized carbons (Fsp3) is 0.250. The lowest BCUT2D eigenvalue weighted by atomic mass is 10.1. The number of carbonyl (C=O) groups is 1. The summed E-state index contributed by atoms with van der Waals surface area (Å²) in [6, 6.07) is 5.18. The number of hydrogen-bond donors (Lipinski definition) is 2. The molecule has 0 spiro atoms. The summed E-state index contributed by atoms with van der Waals surface area (Å²) in [5, 5.41) is 11.5. The van der Waals surface area contributed by atoms with Crippen LogP contribution in [0.15, 0.2) is 23.9 Å². The van der Waals surface area contributed by atoms with Gasteiger partial charge in [-0.1, -0.05) is 6.92 Å². The van der Waals surface area contributed by atoms with Crippen molar-refractivity contribution in [3.8, 4) is 6.07 Å². The maximum Gasteiger partial charge on any atom is 0.261 e. The summed E-state index contributed by atoms with van der Waals surface area (Å²) < 4.78 is 0. The van der Waals surface area contributed by atoms with Gasteiger partial charge in [-0.3, -0.25) is 4.79 Å². The van der Waals surface area contributed by atoms with Crippen molar-refractivity contribution in [2.75, 3.05) is 12.3 Å². The van der Waals surface area contributed by atoms with Gasteiger partial charge in [0, 0.05) is 12.7 Å². The molecule has 0 saturated carbocycles. The number of nitrogen functional groups attached to an aromatic ring is 1. The molecular formula is C12H14N4O. The van der Waals surface area contributed by atoms with Crippen molar-refractivity contribution >= 4 is 17.8 Å². The van der Waals surface area contributed by atoms with E-state index in [1.165, 1.54) is 12.3 Å². The lowest BCUT2D eigenvalue weighted by Gasteiger charge is -2.01. The third kappa shape index (κ3) is 3.95. The number of nitrogens with zero attached hydrogens (tertiary/aromatic N) is 2. The van der Waals surface area contributed by atoms with Crippen LogP contribution >= 0.6 is 0 Å². The number of hydrogen-bond acceptors (Lipinski definition) is 4. The summed E-state index contributed by atoms with van der Waals surface area (Å²) >= 11 is 0. The van der Waals surface area contributed by atoms with E-state index in [9.17, 15) is 4.79 Å². The predicted octanol–water partition coefficient (Wildman–Crippen LogP) is 1.10. The van der Waals surface area contributed by atoms with Gasteiger partial charge in [-0.05, 0) is 30.2 Å². The van der Waals surface area contributed by atoms with Crippen LogP contribution in [-0.2, 0) is 4.79 Å². The minimum atomic E-state index is -0.369. The zero-order valence-corrected chi connectivity index (χ0v) is 9.60. The monoisotopic (exact) mass is 230 g/mol. The normalized spacial score (nSPS) is 10.7. The molecule has 1 aromatic heterocycles. The highest BCUT2D eigenvalue weighted by Gasteiger charge is 2.07. The van der Waals surface area contributed by atoms with E-state index in [0.29, 0.717) is 17.9 Å². The molecule has 1 aromatic rings. The highest BCUT2D eigenvalue weighted by atomic mass is 16.1. The number of nitriles is 1. The van der Waals surface area contributed by atoms with Crippen LogP contribution < -0.4 is 11.1 Å². The zero-order valence-electron chi connectivity index (χ0n) is 9.60. The van der Waals surface area contributed by atoms with E-state index >= 15 is 0 Å². The Bertz CT molecular complexity index is 456. The van der Waals surface area contributed by atoms with Gasteiger partial charge >= 0.3 is 0 Å². The summed E-state index contributed by atoms with van der Waals surface area (Å²) in [7, 11) is 0. The summed E-state index contributed by atoms with van der Waals surface area (Å²) in [6.07, 6.45) is 3.82. The number of amides is 1. The van der Waals surface area contributed by atoms with E-state index in [2.05, 4.69) is 10.3 Å². The molecule has 88 valence electrons. The Hall–Kier alpha value is -2.35. The van der Waals surface area contributed by atoms with Gasteiger partial charge in [-0.2, -0.15) is 5.26 Å². The summed E-state index contributed by atoms with van der Waals surface area (Å²) in [5.41, 5.74) is 6.17. The fourth-order valence-electron chi connectivity index (χ4n) is 1.15. The van der Waals surface area contributed by atoms with Gasteiger partial charge in [-0.15, -0.1) is 0 Å². The Morgan fingerprint density at radius 2 is 2.41 bits per heavy atom. The second-order valence-corrected chi connectivity index (χ2v) is 3.44. The van der Waals surface area contributed by atoms with Crippen molar-refractivity contribution in [1.82, 2.24) is 10.3 Å². The molecule has 0 aromatic carbocycles. The molecule has 0 unspecified atom stereocenters. The van der Waals surface area contributed by atoms with E-state index < -0.39 is 0 Å². The number of pyridine rings is 1. The minimum absolute atomic E-state index is 0.0602. The van der Waals surface area contributed by atoms with Crippen LogP contribution in [-0.4, -0.2) is 17.4 Å². The van der Waals surface area contributed by atoms with Crippen molar-refractivity contribution in [3.05, 3.63) is 29.5 Å². The SMILES string of the molecule is CCCNC(=O)/C(C#N)=C\c1ccc(N)nc1. The Labute approximate surface area is 100.0 Å². The van der Waals surface area contributed by atoms with Crippen LogP contribution in [0.5, 0.6) is 0 Å².